The first kappa shape index (κ1) is 12.0. The lowest BCUT2D eigenvalue weighted by Crippen LogP contribution is -2.37. The number of rotatable bonds is 5. The predicted octanol–water partition coefficient (Wildman–Crippen LogP) is 3.35. The Labute approximate surface area is 88.0 Å². The van der Waals surface area contributed by atoms with Crippen molar-refractivity contribution >= 4 is 0 Å². The second-order valence-corrected chi connectivity index (χ2v) is 4.40. The van der Waals surface area contributed by atoms with Gasteiger partial charge in [-0.15, -0.1) is 0 Å². The first-order valence-electron chi connectivity index (χ1n) is 6.01. The van der Waals surface area contributed by atoms with Crippen molar-refractivity contribution in [1.29, 1.82) is 0 Å². The molecule has 3 atom stereocenters. The monoisotopic (exact) mass is 200 g/mol. The molecule has 2 nitrogen and oxygen atoms in total. The van der Waals surface area contributed by atoms with Crippen LogP contribution in [0.2, 0.25) is 0 Å². The van der Waals surface area contributed by atoms with Gasteiger partial charge in [0.15, 0.2) is 6.29 Å². The Hall–Kier alpha value is -0.0800. The van der Waals surface area contributed by atoms with Gasteiger partial charge < -0.3 is 9.47 Å². The molecule has 1 aliphatic heterocycles. The third-order valence-electron chi connectivity index (χ3n) is 2.94. The highest BCUT2D eigenvalue weighted by molar-refractivity contribution is 4.70. The fourth-order valence-electron chi connectivity index (χ4n) is 1.94. The fourth-order valence-corrected chi connectivity index (χ4v) is 1.94. The van der Waals surface area contributed by atoms with E-state index in [-0.39, 0.29) is 6.29 Å². The molecule has 84 valence electrons. The zero-order valence-electron chi connectivity index (χ0n) is 9.79. The van der Waals surface area contributed by atoms with Gasteiger partial charge in [0.05, 0.1) is 12.7 Å². The molecule has 1 aliphatic rings. The third-order valence-corrected chi connectivity index (χ3v) is 2.94. The minimum Gasteiger partial charge on any atom is -0.353 e. The summed E-state index contributed by atoms with van der Waals surface area (Å²) >= 11 is 0. The zero-order chi connectivity index (χ0) is 10.4. The Morgan fingerprint density at radius 3 is 2.64 bits per heavy atom. The normalized spacial score (nSPS) is 33.2. The number of unbranched alkanes of at least 4 members (excludes halogenated alkanes) is 3. The summed E-state index contributed by atoms with van der Waals surface area (Å²) in [7, 11) is 0. The van der Waals surface area contributed by atoms with Crippen molar-refractivity contribution in [3.05, 3.63) is 0 Å². The molecule has 1 fully saturated rings. The highest BCUT2D eigenvalue weighted by Crippen LogP contribution is 2.22. The summed E-state index contributed by atoms with van der Waals surface area (Å²) < 4.78 is 11.2. The molecule has 0 N–H and O–H groups in total. The van der Waals surface area contributed by atoms with Crippen LogP contribution in [-0.2, 0) is 9.47 Å². The molecule has 0 aromatic carbocycles. The van der Waals surface area contributed by atoms with E-state index in [1.807, 2.05) is 6.92 Å². The van der Waals surface area contributed by atoms with Crippen LogP contribution in [0.4, 0.5) is 0 Å². The second kappa shape index (κ2) is 6.41. The minimum absolute atomic E-state index is 0.00220. The number of ether oxygens (including phenoxy) is 2. The molecular formula is C12H24O2. The van der Waals surface area contributed by atoms with Crippen LogP contribution in [0.15, 0.2) is 0 Å². The van der Waals surface area contributed by atoms with Crippen molar-refractivity contribution in [3.63, 3.8) is 0 Å². The van der Waals surface area contributed by atoms with Crippen LogP contribution in [0.1, 0.15) is 52.9 Å². The van der Waals surface area contributed by atoms with E-state index in [1.165, 1.54) is 32.1 Å². The quantitative estimate of drug-likeness (QED) is 0.634. The van der Waals surface area contributed by atoms with Crippen molar-refractivity contribution in [2.75, 3.05) is 6.61 Å². The Morgan fingerprint density at radius 1 is 1.14 bits per heavy atom. The molecule has 0 aromatic heterocycles. The van der Waals surface area contributed by atoms with E-state index in [2.05, 4.69) is 13.8 Å². The first-order valence-corrected chi connectivity index (χ1v) is 6.01. The molecule has 14 heavy (non-hydrogen) atoms. The summed E-state index contributed by atoms with van der Waals surface area (Å²) in [6.45, 7) is 7.32. The lowest BCUT2D eigenvalue weighted by molar-refractivity contribution is -0.225. The van der Waals surface area contributed by atoms with Gasteiger partial charge in [0.1, 0.15) is 0 Å². The van der Waals surface area contributed by atoms with Crippen LogP contribution >= 0.6 is 0 Å². The SMILES string of the molecule is CCCCCC[C@@H]1O[C@H](C)OC[C@H]1C. The molecular weight excluding hydrogens is 176 g/mol. The van der Waals surface area contributed by atoms with Crippen LogP contribution in [-0.4, -0.2) is 19.0 Å². The van der Waals surface area contributed by atoms with Gasteiger partial charge in [-0.2, -0.15) is 0 Å². The van der Waals surface area contributed by atoms with Crippen molar-refractivity contribution < 1.29 is 9.47 Å². The van der Waals surface area contributed by atoms with Crippen molar-refractivity contribution in [2.24, 2.45) is 5.92 Å². The van der Waals surface area contributed by atoms with E-state index >= 15 is 0 Å². The molecule has 0 radical (unpaired) electrons. The predicted molar refractivity (Wildman–Crippen MR) is 58.2 cm³/mol. The van der Waals surface area contributed by atoms with Crippen molar-refractivity contribution in [2.45, 2.75) is 65.3 Å². The van der Waals surface area contributed by atoms with E-state index in [0.717, 1.165) is 6.61 Å². The minimum atomic E-state index is 0.00220. The molecule has 0 spiro atoms. The highest BCUT2D eigenvalue weighted by Gasteiger charge is 2.25. The Bertz CT molecular complexity index is 147. The lowest BCUT2D eigenvalue weighted by atomic mass is 9.98. The highest BCUT2D eigenvalue weighted by atomic mass is 16.7. The van der Waals surface area contributed by atoms with Gasteiger partial charge in [0.25, 0.3) is 0 Å². The lowest BCUT2D eigenvalue weighted by Gasteiger charge is -2.33. The molecule has 1 heterocycles. The maximum Gasteiger partial charge on any atom is 0.155 e. The smallest absolute Gasteiger partial charge is 0.155 e. The van der Waals surface area contributed by atoms with Gasteiger partial charge in [0, 0.05) is 5.92 Å². The molecule has 2 heteroatoms. The van der Waals surface area contributed by atoms with Crippen LogP contribution in [0.25, 0.3) is 0 Å². The van der Waals surface area contributed by atoms with Gasteiger partial charge in [-0.25, -0.2) is 0 Å². The van der Waals surface area contributed by atoms with Gasteiger partial charge >= 0.3 is 0 Å². The van der Waals surface area contributed by atoms with Crippen molar-refractivity contribution in [1.82, 2.24) is 0 Å². The van der Waals surface area contributed by atoms with E-state index in [4.69, 9.17) is 9.47 Å². The molecule has 1 saturated heterocycles. The maximum atomic E-state index is 5.76. The standard InChI is InChI=1S/C12H24O2/c1-4-5-6-7-8-12-10(2)9-13-11(3)14-12/h10-12H,4-9H2,1-3H3/t10-,11-,12+/m1/s1. The van der Waals surface area contributed by atoms with Crippen LogP contribution in [0.3, 0.4) is 0 Å². The summed E-state index contributed by atoms with van der Waals surface area (Å²) in [4.78, 5) is 0. The van der Waals surface area contributed by atoms with Crippen LogP contribution < -0.4 is 0 Å². The molecule has 0 aliphatic carbocycles. The van der Waals surface area contributed by atoms with Crippen LogP contribution in [0, 0.1) is 5.92 Å². The third kappa shape index (κ3) is 3.97. The Morgan fingerprint density at radius 2 is 1.93 bits per heavy atom. The average Bonchev–Trinajstić information content (AvgIpc) is 2.18. The molecule has 0 amide bonds. The van der Waals surface area contributed by atoms with Crippen LogP contribution in [0.5, 0.6) is 0 Å². The maximum absolute atomic E-state index is 5.76. The molecule has 0 unspecified atom stereocenters. The number of hydrogen-bond donors (Lipinski definition) is 0. The van der Waals surface area contributed by atoms with Gasteiger partial charge in [-0.05, 0) is 13.3 Å². The van der Waals surface area contributed by atoms with Gasteiger partial charge in [-0.3, -0.25) is 0 Å². The molecule has 1 rings (SSSR count). The first-order chi connectivity index (χ1) is 6.74. The van der Waals surface area contributed by atoms with E-state index in [1.54, 1.807) is 0 Å². The second-order valence-electron chi connectivity index (χ2n) is 4.40. The summed E-state index contributed by atoms with van der Waals surface area (Å²) in [5.41, 5.74) is 0. The topological polar surface area (TPSA) is 18.5 Å². The fraction of sp³-hybridized carbons (Fsp3) is 1.00. The van der Waals surface area contributed by atoms with E-state index in [9.17, 15) is 0 Å². The molecule has 0 aromatic rings. The summed E-state index contributed by atoms with van der Waals surface area (Å²) in [6, 6.07) is 0. The van der Waals surface area contributed by atoms with Crippen molar-refractivity contribution in [3.8, 4) is 0 Å². The molecule has 0 saturated carbocycles. The van der Waals surface area contributed by atoms with Gasteiger partial charge in [-0.1, -0.05) is 39.5 Å². The number of hydrogen-bond acceptors (Lipinski definition) is 2. The summed E-state index contributed by atoms with van der Waals surface area (Å²) in [5, 5.41) is 0. The Kier molecular flexibility index (Phi) is 5.49. The summed E-state index contributed by atoms with van der Waals surface area (Å²) in [5.74, 6) is 0.563. The Balaban J connectivity index is 2.14. The van der Waals surface area contributed by atoms with E-state index < -0.39 is 0 Å². The largest absolute Gasteiger partial charge is 0.353 e. The summed E-state index contributed by atoms with van der Waals surface area (Å²) in [6.07, 6.45) is 6.94. The zero-order valence-corrected chi connectivity index (χ0v) is 9.79. The van der Waals surface area contributed by atoms with Gasteiger partial charge in [0.2, 0.25) is 0 Å². The molecule has 0 bridgehead atoms. The average molecular weight is 200 g/mol. The van der Waals surface area contributed by atoms with E-state index in [0.29, 0.717) is 12.0 Å².